The number of hydrogen-bond donors (Lipinski definition) is 3. The van der Waals surface area contributed by atoms with Crippen molar-refractivity contribution in [3.63, 3.8) is 0 Å². The van der Waals surface area contributed by atoms with Gasteiger partial charge in [0.1, 0.15) is 11.9 Å². The van der Waals surface area contributed by atoms with E-state index in [1.54, 1.807) is 23.1 Å². The molecule has 0 unspecified atom stereocenters. The second-order valence-corrected chi connectivity index (χ2v) is 12.1. The van der Waals surface area contributed by atoms with Gasteiger partial charge in [0.15, 0.2) is 0 Å². The summed E-state index contributed by atoms with van der Waals surface area (Å²) in [7, 11) is 2.11. The zero-order chi connectivity index (χ0) is 31.1. The quantitative estimate of drug-likeness (QED) is 0.343. The summed E-state index contributed by atoms with van der Waals surface area (Å²) in [4.78, 5) is 30.1. The smallest absolute Gasteiger partial charge is 0.416 e. The Bertz CT molecular complexity index is 1230. The standard InChI is InChI=1S/C32H43F3N4O4/c1-21-17-39(22(2)20-40)30(41)16-24-15-27(37-31(42)36-26-11-9-25(10-12-26)32(33,34)35)13-14-28(24)43-29(21)19-38(3)18-23-7-5-4-6-8-23/h9-15,21-23,29,40H,4-8,16-20H2,1-3H3,(H2,36,37,42)/t21-,22-,29-/m1/s1. The minimum absolute atomic E-state index is 0.00924. The maximum absolute atomic E-state index is 13.5. The van der Waals surface area contributed by atoms with Crippen molar-refractivity contribution in [2.45, 2.75) is 70.7 Å². The first kappa shape index (κ1) is 32.6. The number of aliphatic hydroxyl groups is 1. The fraction of sp³-hybridized carbons (Fsp3) is 0.562. The molecular weight excluding hydrogens is 561 g/mol. The number of urea groups is 1. The summed E-state index contributed by atoms with van der Waals surface area (Å²) in [5.41, 5.74) is 0.397. The molecule has 0 bridgehead atoms. The predicted octanol–water partition coefficient (Wildman–Crippen LogP) is 6.01. The number of carbonyl (C=O) groups excluding carboxylic acids is 2. The van der Waals surface area contributed by atoms with Gasteiger partial charge >= 0.3 is 12.2 Å². The Hall–Kier alpha value is -3.31. The molecule has 4 rings (SSSR count). The Kier molecular flexibility index (Phi) is 10.9. The summed E-state index contributed by atoms with van der Waals surface area (Å²) in [6.45, 7) is 5.84. The number of nitrogens with one attached hydrogen (secondary N) is 2. The number of alkyl halides is 3. The number of hydrogen-bond acceptors (Lipinski definition) is 5. The van der Waals surface area contributed by atoms with E-state index in [1.807, 2.05) is 6.92 Å². The van der Waals surface area contributed by atoms with Gasteiger partial charge < -0.3 is 30.3 Å². The van der Waals surface area contributed by atoms with E-state index < -0.39 is 17.8 Å². The SMILES string of the molecule is C[C@@H]1CN([C@H](C)CO)C(=O)Cc2cc(NC(=O)Nc3ccc(C(F)(F)F)cc3)ccc2O[C@@H]1CN(C)CC1CCCCC1. The minimum Gasteiger partial charge on any atom is -0.488 e. The number of aliphatic hydroxyl groups excluding tert-OH is 1. The van der Waals surface area contributed by atoms with Crippen molar-refractivity contribution in [2.24, 2.45) is 11.8 Å². The maximum atomic E-state index is 13.5. The second-order valence-electron chi connectivity index (χ2n) is 12.1. The molecule has 1 saturated carbocycles. The van der Waals surface area contributed by atoms with Crippen LogP contribution in [0.15, 0.2) is 42.5 Å². The number of benzene rings is 2. The zero-order valence-corrected chi connectivity index (χ0v) is 25.1. The van der Waals surface area contributed by atoms with E-state index in [0.29, 0.717) is 36.0 Å². The van der Waals surface area contributed by atoms with Crippen LogP contribution in [-0.4, -0.2) is 72.3 Å². The van der Waals surface area contributed by atoms with Crippen molar-refractivity contribution in [3.8, 4) is 5.75 Å². The molecule has 0 spiro atoms. The number of fused-ring (bicyclic) bond motifs is 1. The van der Waals surface area contributed by atoms with Crippen LogP contribution in [0.4, 0.5) is 29.3 Å². The first-order valence-corrected chi connectivity index (χ1v) is 15.1. The van der Waals surface area contributed by atoms with Gasteiger partial charge in [-0.25, -0.2) is 4.79 Å². The summed E-state index contributed by atoms with van der Waals surface area (Å²) in [6.07, 6.45) is 1.68. The Morgan fingerprint density at radius 2 is 1.72 bits per heavy atom. The third kappa shape index (κ3) is 9.09. The van der Waals surface area contributed by atoms with Crippen LogP contribution in [0.2, 0.25) is 0 Å². The predicted molar refractivity (Wildman–Crippen MR) is 160 cm³/mol. The van der Waals surface area contributed by atoms with Crippen molar-refractivity contribution in [3.05, 3.63) is 53.6 Å². The van der Waals surface area contributed by atoms with Gasteiger partial charge in [-0.3, -0.25) is 4.79 Å². The van der Waals surface area contributed by atoms with E-state index in [4.69, 9.17) is 4.74 Å². The first-order valence-electron chi connectivity index (χ1n) is 15.1. The van der Waals surface area contributed by atoms with Crippen LogP contribution in [0.25, 0.3) is 0 Å². The van der Waals surface area contributed by atoms with Crippen LogP contribution in [0.3, 0.4) is 0 Å². The summed E-state index contributed by atoms with van der Waals surface area (Å²) in [5, 5.41) is 15.1. The largest absolute Gasteiger partial charge is 0.488 e. The van der Waals surface area contributed by atoms with E-state index in [2.05, 4.69) is 29.5 Å². The molecule has 0 saturated heterocycles. The van der Waals surface area contributed by atoms with E-state index in [0.717, 1.165) is 18.7 Å². The summed E-state index contributed by atoms with van der Waals surface area (Å²) in [6, 6.07) is 8.25. The number of amides is 3. The summed E-state index contributed by atoms with van der Waals surface area (Å²) >= 11 is 0. The van der Waals surface area contributed by atoms with Crippen LogP contribution in [0.1, 0.15) is 57.1 Å². The van der Waals surface area contributed by atoms with Crippen molar-refractivity contribution in [1.82, 2.24) is 9.80 Å². The number of nitrogens with zero attached hydrogens (tertiary/aromatic N) is 2. The number of likely N-dealkylation sites (N-methyl/N-ethyl adjacent to an activating group) is 1. The lowest BCUT2D eigenvalue weighted by atomic mass is 9.89. The lowest BCUT2D eigenvalue weighted by Crippen LogP contribution is -2.48. The highest BCUT2D eigenvalue weighted by Crippen LogP contribution is 2.31. The van der Waals surface area contributed by atoms with Crippen molar-refractivity contribution >= 4 is 23.3 Å². The van der Waals surface area contributed by atoms with E-state index in [9.17, 15) is 27.9 Å². The summed E-state index contributed by atoms with van der Waals surface area (Å²) in [5.74, 6) is 1.07. The van der Waals surface area contributed by atoms with Gasteiger partial charge in [-0.05, 0) is 75.2 Å². The van der Waals surface area contributed by atoms with Crippen molar-refractivity contribution < 1.29 is 32.6 Å². The molecule has 3 atom stereocenters. The molecule has 0 radical (unpaired) electrons. The molecule has 3 N–H and O–H groups in total. The Balaban J connectivity index is 1.51. The van der Waals surface area contributed by atoms with Gasteiger partial charge in [0.2, 0.25) is 5.91 Å². The first-order chi connectivity index (χ1) is 20.4. The van der Waals surface area contributed by atoms with Crippen LogP contribution < -0.4 is 15.4 Å². The highest BCUT2D eigenvalue weighted by Gasteiger charge is 2.32. The highest BCUT2D eigenvalue weighted by molar-refractivity contribution is 6.00. The monoisotopic (exact) mass is 604 g/mol. The van der Waals surface area contributed by atoms with E-state index in [1.165, 1.54) is 44.2 Å². The van der Waals surface area contributed by atoms with Gasteiger partial charge in [-0.2, -0.15) is 13.2 Å². The molecule has 1 aliphatic heterocycles. The third-order valence-corrected chi connectivity index (χ3v) is 8.43. The van der Waals surface area contributed by atoms with Crippen LogP contribution in [-0.2, 0) is 17.4 Å². The van der Waals surface area contributed by atoms with Crippen molar-refractivity contribution in [1.29, 1.82) is 0 Å². The Morgan fingerprint density at radius 1 is 1.07 bits per heavy atom. The molecule has 1 aliphatic carbocycles. The highest BCUT2D eigenvalue weighted by atomic mass is 19.4. The fourth-order valence-corrected chi connectivity index (χ4v) is 5.95. The molecule has 0 aromatic heterocycles. The average Bonchev–Trinajstić information content (AvgIpc) is 3.00. The molecular formula is C32H43F3N4O4. The van der Waals surface area contributed by atoms with E-state index in [-0.39, 0.29) is 42.7 Å². The average molecular weight is 605 g/mol. The lowest BCUT2D eigenvalue weighted by Gasteiger charge is -2.35. The van der Waals surface area contributed by atoms with Crippen LogP contribution in [0, 0.1) is 11.8 Å². The molecule has 1 fully saturated rings. The Labute approximate surface area is 251 Å². The molecule has 8 nitrogen and oxygen atoms in total. The minimum atomic E-state index is -4.47. The lowest BCUT2D eigenvalue weighted by molar-refractivity contribution is -0.137. The van der Waals surface area contributed by atoms with Gasteiger partial charge in [-0.1, -0.05) is 26.2 Å². The molecule has 1 heterocycles. The van der Waals surface area contributed by atoms with E-state index >= 15 is 0 Å². The normalized spacial score (nSPS) is 20.8. The molecule has 3 amide bonds. The van der Waals surface area contributed by atoms with Crippen LogP contribution in [0.5, 0.6) is 5.75 Å². The van der Waals surface area contributed by atoms with Gasteiger partial charge in [0.25, 0.3) is 0 Å². The molecule has 43 heavy (non-hydrogen) atoms. The molecule has 2 aromatic carbocycles. The third-order valence-electron chi connectivity index (χ3n) is 8.43. The molecule has 11 heteroatoms. The fourth-order valence-electron chi connectivity index (χ4n) is 5.95. The van der Waals surface area contributed by atoms with Gasteiger partial charge in [0, 0.05) is 42.5 Å². The number of carbonyl (C=O) groups is 2. The number of rotatable bonds is 8. The summed E-state index contributed by atoms with van der Waals surface area (Å²) < 4.78 is 45.2. The van der Waals surface area contributed by atoms with Crippen molar-refractivity contribution in [2.75, 3.05) is 43.9 Å². The number of halogens is 3. The van der Waals surface area contributed by atoms with Gasteiger partial charge in [-0.15, -0.1) is 0 Å². The Morgan fingerprint density at radius 3 is 2.37 bits per heavy atom. The second kappa shape index (κ2) is 14.4. The van der Waals surface area contributed by atoms with Gasteiger partial charge in [0.05, 0.1) is 24.6 Å². The number of ether oxygens (including phenoxy) is 1. The topological polar surface area (TPSA) is 94.1 Å². The van der Waals surface area contributed by atoms with Crippen LogP contribution >= 0.6 is 0 Å². The zero-order valence-electron chi connectivity index (χ0n) is 25.1. The molecule has 236 valence electrons. The maximum Gasteiger partial charge on any atom is 0.416 e. The molecule has 2 aromatic rings. The number of anilines is 2. The molecule has 2 aliphatic rings.